The fourth-order valence-corrected chi connectivity index (χ4v) is 3.77. The van der Waals surface area contributed by atoms with Crippen molar-refractivity contribution in [2.75, 3.05) is 69.2 Å². The number of hydrogen-bond donors (Lipinski definition) is 0. The van der Waals surface area contributed by atoms with E-state index in [1.165, 1.54) is 0 Å². The van der Waals surface area contributed by atoms with Crippen LogP contribution in [0.25, 0.3) is 0 Å². The normalized spacial score (nSPS) is 18.4. The minimum absolute atomic E-state index is 0.0771. The third kappa shape index (κ3) is 3.91. The second-order valence-corrected chi connectivity index (χ2v) is 7.44. The van der Waals surface area contributed by atoms with Crippen molar-refractivity contribution in [3.05, 3.63) is 42.0 Å². The van der Waals surface area contributed by atoms with E-state index in [9.17, 15) is 4.79 Å². The highest BCUT2D eigenvalue weighted by molar-refractivity contribution is 5.95. The molecule has 4 rings (SSSR count). The SMILES string of the molecule is Cc1nccnc1N1CCN(C(=O)c2ccnc(N3CCN(C)CC3)c2)CC1. The van der Waals surface area contributed by atoms with Gasteiger partial charge in [0.25, 0.3) is 5.91 Å². The molecule has 0 aliphatic carbocycles. The summed E-state index contributed by atoms with van der Waals surface area (Å²) in [5, 5.41) is 0. The van der Waals surface area contributed by atoms with Crippen molar-refractivity contribution in [1.29, 1.82) is 0 Å². The first-order valence-corrected chi connectivity index (χ1v) is 9.83. The number of anilines is 2. The summed E-state index contributed by atoms with van der Waals surface area (Å²) in [6.07, 6.45) is 5.18. The van der Waals surface area contributed by atoms with Crippen LogP contribution in [0.3, 0.4) is 0 Å². The maximum absolute atomic E-state index is 13.0. The Morgan fingerprint density at radius 1 is 0.857 bits per heavy atom. The van der Waals surface area contributed by atoms with Gasteiger partial charge >= 0.3 is 0 Å². The molecule has 2 aliphatic heterocycles. The summed E-state index contributed by atoms with van der Waals surface area (Å²) in [5.41, 5.74) is 1.64. The molecule has 2 aromatic heterocycles. The van der Waals surface area contributed by atoms with Gasteiger partial charge in [-0.3, -0.25) is 9.78 Å². The van der Waals surface area contributed by atoms with E-state index in [1.54, 1.807) is 18.6 Å². The van der Waals surface area contributed by atoms with E-state index in [-0.39, 0.29) is 5.91 Å². The Kier molecular flexibility index (Phi) is 5.38. The quantitative estimate of drug-likeness (QED) is 0.782. The lowest BCUT2D eigenvalue weighted by Crippen LogP contribution is -2.49. The van der Waals surface area contributed by atoms with E-state index in [2.05, 4.69) is 36.7 Å². The van der Waals surface area contributed by atoms with Crippen molar-refractivity contribution in [3.8, 4) is 0 Å². The monoisotopic (exact) mass is 381 g/mol. The maximum atomic E-state index is 13.0. The van der Waals surface area contributed by atoms with Gasteiger partial charge in [-0.1, -0.05) is 0 Å². The molecular weight excluding hydrogens is 354 g/mol. The molecule has 0 spiro atoms. The van der Waals surface area contributed by atoms with Crippen LogP contribution in [0.4, 0.5) is 11.6 Å². The van der Waals surface area contributed by atoms with Gasteiger partial charge in [0.05, 0.1) is 5.69 Å². The van der Waals surface area contributed by atoms with Crippen molar-refractivity contribution < 1.29 is 4.79 Å². The van der Waals surface area contributed by atoms with Crippen LogP contribution in [0.15, 0.2) is 30.7 Å². The second-order valence-electron chi connectivity index (χ2n) is 7.44. The van der Waals surface area contributed by atoms with E-state index in [0.29, 0.717) is 18.7 Å². The molecule has 28 heavy (non-hydrogen) atoms. The molecule has 2 aliphatic rings. The average molecular weight is 381 g/mol. The Balaban J connectivity index is 1.40. The highest BCUT2D eigenvalue weighted by Gasteiger charge is 2.25. The first-order valence-electron chi connectivity index (χ1n) is 9.83. The lowest BCUT2D eigenvalue weighted by atomic mass is 10.2. The highest BCUT2D eigenvalue weighted by atomic mass is 16.2. The average Bonchev–Trinajstić information content (AvgIpc) is 2.74. The Labute approximate surface area is 165 Å². The van der Waals surface area contributed by atoms with Gasteiger partial charge in [-0.2, -0.15) is 0 Å². The molecule has 0 saturated carbocycles. The molecule has 0 bridgehead atoms. The number of nitrogens with zero attached hydrogens (tertiary/aromatic N) is 7. The summed E-state index contributed by atoms with van der Waals surface area (Å²) >= 11 is 0. The Hall–Kier alpha value is -2.74. The first-order chi connectivity index (χ1) is 13.6. The molecule has 1 amide bonds. The number of likely N-dealkylation sites (N-methyl/N-ethyl adjacent to an activating group) is 1. The zero-order valence-electron chi connectivity index (χ0n) is 16.6. The predicted molar refractivity (Wildman–Crippen MR) is 109 cm³/mol. The number of rotatable bonds is 3. The van der Waals surface area contributed by atoms with E-state index in [1.807, 2.05) is 24.0 Å². The number of aryl methyl sites for hydroxylation is 1. The third-order valence-electron chi connectivity index (χ3n) is 5.54. The van der Waals surface area contributed by atoms with Crippen molar-refractivity contribution >= 4 is 17.5 Å². The van der Waals surface area contributed by atoms with Gasteiger partial charge in [-0.15, -0.1) is 0 Å². The van der Waals surface area contributed by atoms with Crippen LogP contribution < -0.4 is 9.80 Å². The fraction of sp³-hybridized carbons (Fsp3) is 0.500. The summed E-state index contributed by atoms with van der Waals surface area (Å²) in [6, 6.07) is 3.76. The largest absolute Gasteiger partial charge is 0.354 e. The van der Waals surface area contributed by atoms with Gasteiger partial charge in [-0.25, -0.2) is 9.97 Å². The van der Waals surface area contributed by atoms with Gasteiger partial charge < -0.3 is 19.6 Å². The maximum Gasteiger partial charge on any atom is 0.254 e. The van der Waals surface area contributed by atoms with Crippen molar-refractivity contribution in [2.24, 2.45) is 0 Å². The molecule has 2 aromatic rings. The molecule has 4 heterocycles. The van der Waals surface area contributed by atoms with Crippen LogP contribution >= 0.6 is 0 Å². The molecule has 0 N–H and O–H groups in total. The van der Waals surface area contributed by atoms with E-state index < -0.39 is 0 Å². The molecule has 0 radical (unpaired) electrons. The van der Waals surface area contributed by atoms with Crippen LogP contribution in [0, 0.1) is 6.92 Å². The number of aromatic nitrogens is 3. The van der Waals surface area contributed by atoms with Gasteiger partial charge in [0.1, 0.15) is 11.6 Å². The van der Waals surface area contributed by atoms with Crippen molar-refractivity contribution in [3.63, 3.8) is 0 Å². The van der Waals surface area contributed by atoms with Crippen molar-refractivity contribution in [2.45, 2.75) is 6.92 Å². The highest BCUT2D eigenvalue weighted by Crippen LogP contribution is 2.19. The molecular formula is C20H27N7O. The molecule has 2 fully saturated rings. The predicted octanol–water partition coefficient (Wildman–Crippen LogP) is 0.894. The summed E-state index contributed by atoms with van der Waals surface area (Å²) in [6.45, 7) is 8.78. The van der Waals surface area contributed by atoms with Crippen LogP contribution in [0.5, 0.6) is 0 Å². The molecule has 0 aromatic carbocycles. The Morgan fingerprint density at radius 2 is 1.54 bits per heavy atom. The summed E-state index contributed by atoms with van der Waals surface area (Å²) < 4.78 is 0. The topological polar surface area (TPSA) is 68.7 Å². The zero-order valence-corrected chi connectivity index (χ0v) is 16.6. The zero-order chi connectivity index (χ0) is 19.5. The molecule has 8 nitrogen and oxygen atoms in total. The minimum Gasteiger partial charge on any atom is -0.354 e. The van der Waals surface area contributed by atoms with Crippen molar-refractivity contribution in [1.82, 2.24) is 24.8 Å². The lowest BCUT2D eigenvalue weighted by molar-refractivity contribution is 0.0746. The second kappa shape index (κ2) is 8.10. The fourth-order valence-electron chi connectivity index (χ4n) is 3.77. The molecule has 8 heteroatoms. The van der Waals surface area contributed by atoms with E-state index >= 15 is 0 Å². The minimum atomic E-state index is 0.0771. The number of amides is 1. The summed E-state index contributed by atoms with van der Waals surface area (Å²) in [7, 11) is 2.13. The summed E-state index contributed by atoms with van der Waals surface area (Å²) in [4.78, 5) is 35.0. The van der Waals surface area contributed by atoms with Crippen LogP contribution in [0.2, 0.25) is 0 Å². The van der Waals surface area contributed by atoms with Gasteiger partial charge in [0, 0.05) is 76.5 Å². The Morgan fingerprint density at radius 3 is 2.25 bits per heavy atom. The smallest absolute Gasteiger partial charge is 0.254 e. The number of pyridine rings is 1. The summed E-state index contributed by atoms with van der Waals surface area (Å²) in [5.74, 6) is 1.89. The lowest BCUT2D eigenvalue weighted by Gasteiger charge is -2.36. The van der Waals surface area contributed by atoms with Gasteiger partial charge in [-0.05, 0) is 26.1 Å². The molecule has 148 valence electrons. The standard InChI is InChI=1S/C20H27N7O/c1-16-19(23-6-5-21-16)26-11-13-27(14-12-26)20(28)17-3-4-22-18(15-17)25-9-7-24(2)8-10-25/h3-6,15H,7-14H2,1-2H3. The molecule has 2 saturated heterocycles. The van der Waals surface area contributed by atoms with E-state index in [4.69, 9.17) is 0 Å². The van der Waals surface area contributed by atoms with Crippen LogP contribution in [-0.4, -0.2) is 90.1 Å². The number of carbonyl (C=O) groups excluding carboxylic acids is 1. The van der Waals surface area contributed by atoms with E-state index in [0.717, 1.165) is 56.6 Å². The van der Waals surface area contributed by atoms with Gasteiger partial charge in [0.15, 0.2) is 0 Å². The van der Waals surface area contributed by atoms with Crippen LogP contribution in [0.1, 0.15) is 16.1 Å². The third-order valence-corrected chi connectivity index (χ3v) is 5.54. The number of carbonyl (C=O) groups is 1. The molecule has 0 unspecified atom stereocenters. The number of piperazine rings is 2. The Bertz CT molecular complexity index is 827. The van der Waals surface area contributed by atoms with Gasteiger partial charge in [0.2, 0.25) is 0 Å². The number of hydrogen-bond acceptors (Lipinski definition) is 7. The van der Waals surface area contributed by atoms with Crippen LogP contribution in [-0.2, 0) is 0 Å². The first kappa shape index (κ1) is 18.6. The molecule has 0 atom stereocenters.